The first kappa shape index (κ1) is 10.7. The van der Waals surface area contributed by atoms with Crippen molar-refractivity contribution in [2.75, 3.05) is 0 Å². The molecule has 0 unspecified atom stereocenters. The summed E-state index contributed by atoms with van der Waals surface area (Å²) in [5.41, 5.74) is 1.57. The quantitative estimate of drug-likeness (QED) is 0.605. The number of benzene rings is 1. The second kappa shape index (κ2) is 4.79. The largest absolute Gasteiger partial charge is 0.239 e. The topological polar surface area (TPSA) is 42.3 Å². The molecule has 0 amide bonds. The minimum absolute atomic E-state index is 0.237. The summed E-state index contributed by atoms with van der Waals surface area (Å²) in [5, 5.41) is 2.61. The van der Waals surface area contributed by atoms with E-state index in [4.69, 9.17) is 0 Å². The van der Waals surface area contributed by atoms with E-state index in [0.29, 0.717) is 5.69 Å². The summed E-state index contributed by atoms with van der Waals surface area (Å²) in [6, 6.07) is 6.11. The number of isocyanates is 1. The second-order valence-electron chi connectivity index (χ2n) is 3.06. The zero-order chi connectivity index (χ0) is 11.4. The Kier molecular flexibility index (Phi) is 3.19. The first-order chi connectivity index (χ1) is 7.79. The molecule has 0 aliphatic heterocycles. The molecule has 1 aromatic heterocycles. The van der Waals surface area contributed by atoms with E-state index in [2.05, 4.69) is 9.98 Å². The molecule has 1 heterocycles. The average Bonchev–Trinajstić information content (AvgIpc) is 2.76. The summed E-state index contributed by atoms with van der Waals surface area (Å²) in [6.07, 6.45) is 1.46. The maximum Gasteiger partial charge on any atom is 0.235 e. The van der Waals surface area contributed by atoms with Gasteiger partial charge in [0.05, 0.1) is 12.2 Å². The third-order valence-corrected chi connectivity index (χ3v) is 2.89. The van der Waals surface area contributed by atoms with Gasteiger partial charge in [-0.2, -0.15) is 4.99 Å². The van der Waals surface area contributed by atoms with Crippen LogP contribution in [-0.4, -0.2) is 11.1 Å². The van der Waals surface area contributed by atoms with E-state index >= 15 is 0 Å². The number of hydrogen-bond acceptors (Lipinski definition) is 4. The predicted molar refractivity (Wildman–Crippen MR) is 59.3 cm³/mol. The van der Waals surface area contributed by atoms with Gasteiger partial charge in [-0.1, -0.05) is 0 Å². The number of rotatable bonds is 3. The first-order valence-corrected chi connectivity index (χ1v) is 5.41. The van der Waals surface area contributed by atoms with Crippen LogP contribution in [-0.2, 0) is 11.3 Å². The highest BCUT2D eigenvalue weighted by Crippen LogP contribution is 2.23. The van der Waals surface area contributed by atoms with Crippen molar-refractivity contribution in [2.45, 2.75) is 6.54 Å². The minimum Gasteiger partial charge on any atom is -0.239 e. The van der Waals surface area contributed by atoms with Crippen molar-refractivity contribution in [3.8, 4) is 10.6 Å². The lowest BCUT2D eigenvalue weighted by atomic mass is 10.2. The first-order valence-electron chi connectivity index (χ1n) is 4.53. The molecule has 1 aromatic carbocycles. The fourth-order valence-electron chi connectivity index (χ4n) is 1.22. The number of carbonyl (C=O) groups excluding carboxylic acids is 1. The van der Waals surface area contributed by atoms with Crippen molar-refractivity contribution in [2.24, 2.45) is 4.99 Å². The molecule has 3 nitrogen and oxygen atoms in total. The van der Waals surface area contributed by atoms with E-state index in [-0.39, 0.29) is 12.4 Å². The number of nitrogens with zero attached hydrogens (tertiary/aromatic N) is 2. The fraction of sp³-hybridized carbons (Fsp3) is 0.0909. The van der Waals surface area contributed by atoms with E-state index in [1.54, 1.807) is 12.1 Å². The highest BCUT2D eigenvalue weighted by molar-refractivity contribution is 7.13. The molecule has 0 spiro atoms. The standard InChI is InChI=1S/C11H7FN2OS/c12-9-3-1-8(2-4-9)11-14-10(6-16-11)5-13-7-15/h1-4,6H,5H2. The Bertz CT molecular complexity index is 529. The second-order valence-corrected chi connectivity index (χ2v) is 3.92. The van der Waals surface area contributed by atoms with Gasteiger partial charge in [-0.15, -0.1) is 11.3 Å². The van der Waals surface area contributed by atoms with Crippen molar-refractivity contribution in [3.63, 3.8) is 0 Å². The molecule has 0 N–H and O–H groups in total. The molecule has 0 saturated carbocycles. The molecule has 5 heteroatoms. The lowest BCUT2D eigenvalue weighted by molar-refractivity contribution is 0.562. The van der Waals surface area contributed by atoms with E-state index in [0.717, 1.165) is 10.6 Å². The lowest BCUT2D eigenvalue weighted by Crippen LogP contribution is -1.82. The van der Waals surface area contributed by atoms with Gasteiger partial charge in [0.1, 0.15) is 10.8 Å². The van der Waals surface area contributed by atoms with Crippen LogP contribution in [0.2, 0.25) is 0 Å². The molecule has 0 saturated heterocycles. The molecule has 0 fully saturated rings. The van der Waals surface area contributed by atoms with Gasteiger partial charge in [-0.3, -0.25) is 0 Å². The number of aliphatic imine (C=N–C) groups is 1. The highest BCUT2D eigenvalue weighted by atomic mass is 32.1. The van der Waals surface area contributed by atoms with Crippen LogP contribution in [0.3, 0.4) is 0 Å². The maximum absolute atomic E-state index is 12.7. The number of halogens is 1. The maximum atomic E-state index is 12.7. The van der Waals surface area contributed by atoms with Crippen LogP contribution in [0, 0.1) is 5.82 Å². The van der Waals surface area contributed by atoms with Crippen molar-refractivity contribution >= 4 is 17.4 Å². The summed E-state index contributed by atoms with van der Waals surface area (Å²) in [4.78, 5) is 17.6. The van der Waals surface area contributed by atoms with Gasteiger partial charge >= 0.3 is 0 Å². The number of thiazole rings is 1. The summed E-state index contributed by atoms with van der Waals surface area (Å²) in [5.74, 6) is -0.272. The van der Waals surface area contributed by atoms with Crippen molar-refractivity contribution in [1.29, 1.82) is 0 Å². The van der Waals surface area contributed by atoms with Gasteiger partial charge in [0.2, 0.25) is 6.08 Å². The van der Waals surface area contributed by atoms with E-state index in [9.17, 15) is 9.18 Å². The van der Waals surface area contributed by atoms with Crippen molar-refractivity contribution < 1.29 is 9.18 Å². The number of aromatic nitrogens is 1. The Morgan fingerprint density at radius 1 is 1.38 bits per heavy atom. The predicted octanol–water partition coefficient (Wildman–Crippen LogP) is 2.79. The van der Waals surface area contributed by atoms with Crippen LogP contribution in [0.15, 0.2) is 34.6 Å². The SMILES string of the molecule is O=C=NCc1csc(-c2ccc(F)cc2)n1. The molecule has 0 radical (unpaired) electrons. The van der Waals surface area contributed by atoms with Gasteiger partial charge in [0.15, 0.2) is 0 Å². The van der Waals surface area contributed by atoms with Crippen LogP contribution in [0.4, 0.5) is 4.39 Å². The fourth-order valence-corrected chi connectivity index (χ4v) is 2.03. The molecule has 16 heavy (non-hydrogen) atoms. The zero-order valence-corrected chi connectivity index (χ0v) is 9.00. The average molecular weight is 234 g/mol. The zero-order valence-electron chi connectivity index (χ0n) is 8.18. The summed E-state index contributed by atoms with van der Waals surface area (Å²) < 4.78 is 12.7. The summed E-state index contributed by atoms with van der Waals surface area (Å²) in [7, 11) is 0. The van der Waals surface area contributed by atoms with Crippen molar-refractivity contribution in [1.82, 2.24) is 4.98 Å². The van der Waals surface area contributed by atoms with E-state index in [1.165, 1.54) is 29.5 Å². The highest BCUT2D eigenvalue weighted by Gasteiger charge is 2.04. The molecule has 2 aromatic rings. The Balaban J connectivity index is 2.24. The van der Waals surface area contributed by atoms with Gasteiger partial charge < -0.3 is 0 Å². The van der Waals surface area contributed by atoms with Crippen LogP contribution in [0.25, 0.3) is 10.6 Å². The summed E-state index contributed by atoms with van der Waals surface area (Å²) >= 11 is 1.44. The molecule has 0 aliphatic carbocycles. The molecule has 0 aliphatic rings. The molecule has 2 rings (SSSR count). The van der Waals surface area contributed by atoms with Gasteiger partial charge in [0.25, 0.3) is 0 Å². The van der Waals surface area contributed by atoms with Crippen LogP contribution in [0.1, 0.15) is 5.69 Å². The molecular weight excluding hydrogens is 227 g/mol. The van der Waals surface area contributed by atoms with Gasteiger partial charge in [-0.05, 0) is 24.3 Å². The third kappa shape index (κ3) is 2.39. The van der Waals surface area contributed by atoms with Crippen LogP contribution < -0.4 is 0 Å². The van der Waals surface area contributed by atoms with E-state index < -0.39 is 0 Å². The number of hydrogen-bond donors (Lipinski definition) is 0. The Morgan fingerprint density at radius 2 is 2.12 bits per heavy atom. The van der Waals surface area contributed by atoms with Gasteiger partial charge in [0, 0.05) is 10.9 Å². The normalized spacial score (nSPS) is 9.81. The Labute approximate surface area is 95.3 Å². The van der Waals surface area contributed by atoms with Crippen LogP contribution in [0.5, 0.6) is 0 Å². The smallest absolute Gasteiger partial charge is 0.235 e. The lowest BCUT2D eigenvalue weighted by Gasteiger charge is -1.94. The monoisotopic (exact) mass is 234 g/mol. The third-order valence-electron chi connectivity index (χ3n) is 1.95. The van der Waals surface area contributed by atoms with Gasteiger partial charge in [-0.25, -0.2) is 14.2 Å². The Hall–Kier alpha value is -1.84. The van der Waals surface area contributed by atoms with Crippen molar-refractivity contribution in [3.05, 3.63) is 41.2 Å². The van der Waals surface area contributed by atoms with E-state index in [1.807, 2.05) is 5.38 Å². The molecular formula is C11H7FN2OS. The molecule has 0 atom stereocenters. The Morgan fingerprint density at radius 3 is 2.81 bits per heavy atom. The minimum atomic E-state index is -0.272. The molecule has 80 valence electrons. The van der Waals surface area contributed by atoms with Crippen LogP contribution >= 0.6 is 11.3 Å². The summed E-state index contributed by atoms with van der Waals surface area (Å²) in [6.45, 7) is 0.237. The molecule has 0 bridgehead atoms.